The Morgan fingerprint density at radius 3 is 1.21 bits per heavy atom. The van der Waals surface area contributed by atoms with Crippen molar-refractivity contribution in [1.82, 2.24) is 0 Å². The Labute approximate surface area is 131 Å². The van der Waals surface area contributed by atoms with Crippen LogP contribution in [0.2, 0.25) is 0 Å². The second-order valence-corrected chi connectivity index (χ2v) is 5.01. The Balaban J connectivity index is 2.84. The zero-order valence-electron chi connectivity index (χ0n) is 12.4. The van der Waals surface area contributed by atoms with Crippen LogP contribution in [0.3, 0.4) is 0 Å². The van der Waals surface area contributed by atoms with Gasteiger partial charge in [-0.25, -0.2) is 0 Å². The fraction of sp³-hybridized carbons (Fsp3) is 0.571. The van der Waals surface area contributed by atoms with E-state index in [0.717, 1.165) is 0 Å². The molecule has 0 N–H and O–H groups in total. The third-order valence-electron chi connectivity index (χ3n) is 3.54. The molecule has 24 heavy (non-hydrogen) atoms. The van der Waals surface area contributed by atoms with Crippen LogP contribution in [0.5, 0.6) is 11.5 Å². The molecule has 0 aromatic heterocycles. The monoisotopic (exact) mass is 364 g/mol. The lowest BCUT2D eigenvalue weighted by Gasteiger charge is -2.43. The van der Waals surface area contributed by atoms with Gasteiger partial charge in [0, 0.05) is 11.1 Å². The summed E-state index contributed by atoms with van der Waals surface area (Å²) in [7, 11) is 0. The van der Waals surface area contributed by atoms with Crippen LogP contribution in [0.4, 0.5) is 35.1 Å². The summed E-state index contributed by atoms with van der Waals surface area (Å²) in [5.74, 6) is -24.7. The van der Waals surface area contributed by atoms with Crippen LogP contribution in [0, 0.1) is 0 Å². The summed E-state index contributed by atoms with van der Waals surface area (Å²) in [5, 5.41) is 0. The van der Waals surface area contributed by atoms with Crippen LogP contribution in [-0.2, 0) is 11.8 Å². The lowest BCUT2D eigenvalue weighted by atomic mass is 9.80. The molecule has 2 nitrogen and oxygen atoms in total. The molecule has 0 atom stereocenters. The molecule has 1 aliphatic rings. The van der Waals surface area contributed by atoms with Crippen LogP contribution < -0.4 is 9.47 Å². The average molecular weight is 364 g/mol. The second-order valence-electron chi connectivity index (χ2n) is 5.01. The highest BCUT2D eigenvalue weighted by atomic mass is 19.4. The number of alkyl halides is 8. The molecule has 10 heteroatoms. The number of benzene rings is 1. The van der Waals surface area contributed by atoms with E-state index in [1.54, 1.807) is 0 Å². The first-order valence-electron chi connectivity index (χ1n) is 6.82. The van der Waals surface area contributed by atoms with Crippen molar-refractivity contribution in [3.05, 3.63) is 23.3 Å². The molecular formula is C14H12F8O2. The van der Waals surface area contributed by atoms with Crippen LogP contribution >= 0.6 is 0 Å². The van der Waals surface area contributed by atoms with Crippen molar-refractivity contribution in [1.29, 1.82) is 0 Å². The summed E-state index contributed by atoms with van der Waals surface area (Å²) >= 11 is 0. The zero-order chi connectivity index (χ0) is 18.6. The molecule has 0 fully saturated rings. The number of hydrogen-bond acceptors (Lipinski definition) is 2. The van der Waals surface area contributed by atoms with E-state index in [1.165, 1.54) is 13.8 Å². The van der Waals surface area contributed by atoms with Crippen molar-refractivity contribution in [2.24, 2.45) is 0 Å². The third-order valence-corrected chi connectivity index (χ3v) is 3.54. The number of rotatable bonds is 4. The maximum absolute atomic E-state index is 13.9. The molecule has 2 rings (SSSR count). The van der Waals surface area contributed by atoms with Gasteiger partial charge >= 0.3 is 23.7 Å². The van der Waals surface area contributed by atoms with Gasteiger partial charge in [-0.3, -0.25) is 0 Å². The molecular weight excluding hydrogens is 352 g/mol. The van der Waals surface area contributed by atoms with Gasteiger partial charge in [0.1, 0.15) is 0 Å². The van der Waals surface area contributed by atoms with Gasteiger partial charge < -0.3 is 9.47 Å². The van der Waals surface area contributed by atoms with Gasteiger partial charge in [-0.15, -0.1) is 0 Å². The highest BCUT2D eigenvalue weighted by Gasteiger charge is 2.85. The van der Waals surface area contributed by atoms with Gasteiger partial charge in [-0.2, -0.15) is 35.1 Å². The van der Waals surface area contributed by atoms with Gasteiger partial charge in [0.2, 0.25) is 0 Å². The van der Waals surface area contributed by atoms with E-state index < -0.39 is 46.3 Å². The smallest absolute Gasteiger partial charge is 0.382 e. The summed E-state index contributed by atoms with van der Waals surface area (Å²) in [6.45, 7) is 2.61. The van der Waals surface area contributed by atoms with Crippen molar-refractivity contribution >= 4 is 0 Å². The first kappa shape index (κ1) is 18.6. The highest BCUT2D eigenvalue weighted by molar-refractivity contribution is 5.53. The summed E-state index contributed by atoms with van der Waals surface area (Å²) in [4.78, 5) is 0. The van der Waals surface area contributed by atoms with Gasteiger partial charge in [0.25, 0.3) is 0 Å². The number of halogens is 8. The number of ether oxygens (including phenoxy) is 2. The topological polar surface area (TPSA) is 18.5 Å². The summed E-state index contributed by atoms with van der Waals surface area (Å²) < 4.78 is 119. The highest BCUT2D eigenvalue weighted by Crippen LogP contribution is 2.65. The maximum atomic E-state index is 13.9. The van der Waals surface area contributed by atoms with Gasteiger partial charge in [-0.1, -0.05) is 0 Å². The Morgan fingerprint density at radius 1 is 0.667 bits per heavy atom. The fourth-order valence-electron chi connectivity index (χ4n) is 2.35. The van der Waals surface area contributed by atoms with E-state index in [9.17, 15) is 35.1 Å². The summed E-state index contributed by atoms with van der Waals surface area (Å²) in [5.41, 5.74) is -3.84. The quantitative estimate of drug-likeness (QED) is 0.704. The molecule has 0 bridgehead atoms. The molecule has 0 saturated carbocycles. The Hall–Kier alpha value is -1.74. The van der Waals surface area contributed by atoms with Gasteiger partial charge in [0.15, 0.2) is 11.5 Å². The minimum Gasteiger partial charge on any atom is -0.490 e. The molecule has 0 unspecified atom stereocenters. The van der Waals surface area contributed by atoms with E-state index in [4.69, 9.17) is 9.47 Å². The molecule has 1 aliphatic carbocycles. The van der Waals surface area contributed by atoms with Crippen LogP contribution in [-0.4, -0.2) is 25.1 Å². The Bertz CT molecular complexity index is 587. The first-order chi connectivity index (χ1) is 10.9. The van der Waals surface area contributed by atoms with Crippen LogP contribution in [0.1, 0.15) is 25.0 Å². The first-order valence-corrected chi connectivity index (χ1v) is 6.82. The van der Waals surface area contributed by atoms with E-state index in [2.05, 4.69) is 0 Å². The van der Waals surface area contributed by atoms with Crippen molar-refractivity contribution in [3.63, 3.8) is 0 Å². The van der Waals surface area contributed by atoms with Crippen LogP contribution in [0.15, 0.2) is 12.1 Å². The predicted molar refractivity (Wildman–Crippen MR) is 66.5 cm³/mol. The van der Waals surface area contributed by atoms with Gasteiger partial charge in [-0.05, 0) is 26.0 Å². The van der Waals surface area contributed by atoms with E-state index >= 15 is 0 Å². The normalized spacial score (nSPS) is 22.6. The predicted octanol–water partition coefficient (Wildman–Crippen LogP) is 4.95. The fourth-order valence-corrected chi connectivity index (χ4v) is 2.35. The molecule has 1 aromatic carbocycles. The standard InChI is InChI=1S/C14H12F8O2/c1-3-23-9-5-7-8(6-10(9)24-4-2)12(17,18)14(21,22)13(19,20)11(7,15)16/h5-6H,3-4H2,1-2H3. The largest absolute Gasteiger partial charge is 0.490 e. The molecule has 0 aliphatic heterocycles. The molecule has 0 spiro atoms. The van der Waals surface area contributed by atoms with Gasteiger partial charge in [0.05, 0.1) is 13.2 Å². The molecule has 0 heterocycles. The molecule has 1 aromatic rings. The minimum absolute atomic E-state index is 0.118. The average Bonchev–Trinajstić information content (AvgIpc) is 2.47. The number of fused-ring (bicyclic) bond motifs is 1. The SMILES string of the molecule is CCOc1cc2c(cc1OCC)C(F)(F)C(F)(F)C(F)(F)C2(F)F. The van der Waals surface area contributed by atoms with Crippen molar-refractivity contribution in [3.8, 4) is 11.5 Å². The maximum Gasteiger partial charge on any atom is 0.382 e. The van der Waals surface area contributed by atoms with Crippen molar-refractivity contribution in [2.75, 3.05) is 13.2 Å². The summed E-state index contributed by atoms with van der Waals surface area (Å²) in [6.07, 6.45) is 0. The van der Waals surface area contributed by atoms with Crippen LogP contribution in [0.25, 0.3) is 0 Å². The lowest BCUT2D eigenvalue weighted by Crippen LogP contribution is -2.63. The van der Waals surface area contributed by atoms with E-state index in [-0.39, 0.29) is 25.3 Å². The Morgan fingerprint density at radius 2 is 0.958 bits per heavy atom. The van der Waals surface area contributed by atoms with E-state index in [0.29, 0.717) is 0 Å². The summed E-state index contributed by atoms with van der Waals surface area (Å²) in [6, 6.07) is 0.391. The number of hydrogen-bond donors (Lipinski definition) is 0. The lowest BCUT2D eigenvalue weighted by molar-refractivity contribution is -0.386. The molecule has 0 saturated heterocycles. The van der Waals surface area contributed by atoms with E-state index in [1.807, 2.05) is 0 Å². The molecule has 0 radical (unpaired) electrons. The Kier molecular flexibility index (Phi) is 4.17. The third kappa shape index (κ3) is 2.14. The molecule has 0 amide bonds. The molecule has 136 valence electrons. The second kappa shape index (κ2) is 5.38. The van der Waals surface area contributed by atoms with Crippen molar-refractivity contribution < 1.29 is 44.6 Å². The zero-order valence-corrected chi connectivity index (χ0v) is 12.4. The van der Waals surface area contributed by atoms with Crippen molar-refractivity contribution in [2.45, 2.75) is 37.5 Å². The minimum atomic E-state index is -6.28.